The fourth-order valence-corrected chi connectivity index (χ4v) is 2.58. The molecule has 102 valence electrons. The Bertz CT molecular complexity index is 231. The Kier molecular flexibility index (Phi) is 9.01. The lowest BCUT2D eigenvalue weighted by Crippen LogP contribution is -2.25. The van der Waals surface area contributed by atoms with Crippen molar-refractivity contribution in [2.75, 3.05) is 5.75 Å². The van der Waals surface area contributed by atoms with Crippen molar-refractivity contribution < 1.29 is 4.84 Å². The van der Waals surface area contributed by atoms with Gasteiger partial charge < -0.3 is 0 Å². The Morgan fingerprint density at radius 2 is 1.65 bits per heavy atom. The lowest BCUT2D eigenvalue weighted by atomic mass is 10.0. The van der Waals surface area contributed by atoms with Crippen LogP contribution in [0.15, 0.2) is 11.1 Å². The molecule has 0 amide bonds. The predicted octanol–water partition coefficient (Wildman–Crippen LogP) is 4.87. The highest BCUT2D eigenvalue weighted by Crippen LogP contribution is 2.21. The van der Waals surface area contributed by atoms with Crippen LogP contribution in [-0.2, 0) is 4.84 Å². The molecule has 2 nitrogen and oxygen atoms in total. The molecule has 0 bridgehead atoms. The molecular formula is C14H29NOS. The van der Waals surface area contributed by atoms with Crippen LogP contribution in [-0.4, -0.2) is 11.4 Å². The molecule has 1 N–H and O–H groups in total. The van der Waals surface area contributed by atoms with Crippen LogP contribution in [0.2, 0.25) is 0 Å². The zero-order valence-electron chi connectivity index (χ0n) is 12.4. The van der Waals surface area contributed by atoms with Gasteiger partial charge in [0.05, 0.1) is 5.60 Å². The van der Waals surface area contributed by atoms with Gasteiger partial charge in [-0.05, 0) is 40.0 Å². The van der Waals surface area contributed by atoms with Crippen molar-refractivity contribution in [3.8, 4) is 0 Å². The fourth-order valence-electron chi connectivity index (χ4n) is 1.63. The summed E-state index contributed by atoms with van der Waals surface area (Å²) in [6.07, 6.45) is 4.80. The Labute approximate surface area is 112 Å². The highest BCUT2D eigenvalue weighted by molar-refractivity contribution is 7.97. The van der Waals surface area contributed by atoms with Gasteiger partial charge in [0.2, 0.25) is 0 Å². The van der Waals surface area contributed by atoms with E-state index in [0.29, 0.717) is 0 Å². The molecule has 0 aromatic heterocycles. The van der Waals surface area contributed by atoms with Crippen molar-refractivity contribution in [3.63, 3.8) is 0 Å². The molecule has 0 aliphatic rings. The molecule has 0 aliphatic heterocycles. The zero-order chi connectivity index (χ0) is 13.3. The van der Waals surface area contributed by atoms with E-state index in [-0.39, 0.29) is 5.60 Å². The normalized spacial score (nSPS) is 13.8. The van der Waals surface area contributed by atoms with Gasteiger partial charge in [0.25, 0.3) is 0 Å². The summed E-state index contributed by atoms with van der Waals surface area (Å²) < 4.78 is 0. The van der Waals surface area contributed by atoms with E-state index in [1.165, 1.54) is 19.3 Å². The van der Waals surface area contributed by atoms with Crippen LogP contribution in [0.25, 0.3) is 0 Å². The van der Waals surface area contributed by atoms with Crippen LogP contribution >= 0.6 is 11.9 Å². The molecule has 0 aromatic rings. The van der Waals surface area contributed by atoms with E-state index >= 15 is 0 Å². The maximum absolute atomic E-state index is 5.49. The average molecular weight is 259 g/mol. The van der Waals surface area contributed by atoms with Gasteiger partial charge in [-0.25, -0.2) is 0 Å². The van der Waals surface area contributed by atoms with Gasteiger partial charge in [-0.3, -0.25) is 4.84 Å². The van der Waals surface area contributed by atoms with Crippen molar-refractivity contribution in [1.29, 1.82) is 0 Å². The quantitative estimate of drug-likeness (QED) is 0.291. The molecule has 0 aliphatic carbocycles. The van der Waals surface area contributed by atoms with Crippen molar-refractivity contribution in [1.82, 2.24) is 4.89 Å². The minimum atomic E-state index is -0.125. The molecule has 0 rings (SSSR count). The zero-order valence-corrected chi connectivity index (χ0v) is 13.2. The number of nitrogens with one attached hydrogen (secondary N) is 1. The minimum Gasteiger partial charge on any atom is -0.286 e. The van der Waals surface area contributed by atoms with Gasteiger partial charge in [0, 0.05) is 5.75 Å². The van der Waals surface area contributed by atoms with Gasteiger partial charge in [0.15, 0.2) is 0 Å². The van der Waals surface area contributed by atoms with Crippen molar-refractivity contribution >= 4 is 11.9 Å². The van der Waals surface area contributed by atoms with Crippen LogP contribution in [0.4, 0.5) is 0 Å². The highest BCUT2D eigenvalue weighted by atomic mass is 32.2. The third-order valence-corrected chi connectivity index (χ3v) is 3.25. The monoisotopic (exact) mass is 259 g/mol. The summed E-state index contributed by atoms with van der Waals surface area (Å²) >= 11 is 1.65. The number of hydrogen-bond donors (Lipinski definition) is 1. The second-order valence-electron chi connectivity index (χ2n) is 5.25. The van der Waals surface area contributed by atoms with E-state index in [2.05, 4.69) is 25.7 Å². The van der Waals surface area contributed by atoms with Crippen LogP contribution in [0.5, 0.6) is 0 Å². The fraction of sp³-hybridized carbons (Fsp3) is 0.857. The average Bonchev–Trinajstić information content (AvgIpc) is 2.25. The standard InChI is InChI=1S/C14H29NOS/c1-7-10-12(8-2)13(9-3)11-17-15-16-14(4,5)6/h15H,7-11H2,1-6H3/b13-12-. The summed E-state index contributed by atoms with van der Waals surface area (Å²) in [7, 11) is 0. The molecule has 0 atom stereocenters. The molecule has 0 radical (unpaired) electrons. The number of rotatable bonds is 8. The summed E-state index contributed by atoms with van der Waals surface area (Å²) in [5, 5.41) is 0. The van der Waals surface area contributed by atoms with Gasteiger partial charge in [-0.1, -0.05) is 50.3 Å². The van der Waals surface area contributed by atoms with E-state index in [0.717, 1.165) is 12.2 Å². The summed E-state index contributed by atoms with van der Waals surface area (Å²) in [4.78, 5) is 8.48. The summed E-state index contributed by atoms with van der Waals surface area (Å²) in [6.45, 7) is 12.9. The van der Waals surface area contributed by atoms with E-state index in [4.69, 9.17) is 4.84 Å². The molecule has 0 saturated heterocycles. The third kappa shape index (κ3) is 8.70. The first-order valence-corrected chi connectivity index (χ1v) is 7.67. The minimum absolute atomic E-state index is 0.125. The molecule has 0 saturated carbocycles. The molecular weight excluding hydrogens is 230 g/mol. The molecule has 0 heterocycles. The second kappa shape index (κ2) is 9.01. The Hall–Kier alpha value is 0.01000. The predicted molar refractivity (Wildman–Crippen MR) is 78.9 cm³/mol. The van der Waals surface area contributed by atoms with Crippen LogP contribution in [0, 0.1) is 0 Å². The second-order valence-corrected chi connectivity index (χ2v) is 5.99. The first kappa shape index (κ1) is 17.0. The SMILES string of the molecule is CCC/C(CC)=C(/CC)CSNOC(C)(C)C. The largest absolute Gasteiger partial charge is 0.286 e. The van der Waals surface area contributed by atoms with Crippen LogP contribution < -0.4 is 4.89 Å². The van der Waals surface area contributed by atoms with Crippen molar-refractivity contribution in [2.45, 2.75) is 72.8 Å². The molecule has 0 spiro atoms. The van der Waals surface area contributed by atoms with Gasteiger partial charge >= 0.3 is 0 Å². The Morgan fingerprint density at radius 3 is 2.06 bits per heavy atom. The summed E-state index contributed by atoms with van der Waals surface area (Å²) in [5.74, 6) is 1.02. The Balaban J connectivity index is 4.12. The van der Waals surface area contributed by atoms with Crippen LogP contribution in [0.3, 0.4) is 0 Å². The van der Waals surface area contributed by atoms with Crippen molar-refractivity contribution in [2.24, 2.45) is 0 Å². The molecule has 3 heteroatoms. The lowest BCUT2D eigenvalue weighted by molar-refractivity contribution is -0.0310. The smallest absolute Gasteiger partial charge is 0.0823 e. The molecule has 0 aromatic carbocycles. The summed E-state index contributed by atoms with van der Waals surface area (Å²) in [6, 6.07) is 0. The highest BCUT2D eigenvalue weighted by Gasteiger charge is 2.10. The topological polar surface area (TPSA) is 21.3 Å². The maximum atomic E-state index is 5.49. The first-order chi connectivity index (χ1) is 7.94. The third-order valence-electron chi connectivity index (χ3n) is 2.56. The van der Waals surface area contributed by atoms with Gasteiger partial charge in [0.1, 0.15) is 0 Å². The Morgan fingerprint density at radius 1 is 1.06 bits per heavy atom. The molecule has 0 unspecified atom stereocenters. The number of allylic oxidation sites excluding steroid dienone is 1. The van der Waals surface area contributed by atoms with E-state index < -0.39 is 0 Å². The molecule has 17 heavy (non-hydrogen) atoms. The lowest BCUT2D eigenvalue weighted by Gasteiger charge is -2.19. The van der Waals surface area contributed by atoms with E-state index in [1.807, 2.05) is 20.8 Å². The van der Waals surface area contributed by atoms with Crippen molar-refractivity contribution in [3.05, 3.63) is 11.1 Å². The number of hydrogen-bond acceptors (Lipinski definition) is 3. The maximum Gasteiger partial charge on any atom is 0.0823 e. The summed E-state index contributed by atoms with van der Waals surface area (Å²) in [5.41, 5.74) is 3.07. The van der Waals surface area contributed by atoms with E-state index in [9.17, 15) is 0 Å². The van der Waals surface area contributed by atoms with Gasteiger partial charge in [-0.15, -0.1) is 4.89 Å². The first-order valence-electron chi connectivity index (χ1n) is 6.69. The molecule has 0 fully saturated rings. The van der Waals surface area contributed by atoms with E-state index in [1.54, 1.807) is 23.1 Å². The van der Waals surface area contributed by atoms with Crippen LogP contribution in [0.1, 0.15) is 67.2 Å². The van der Waals surface area contributed by atoms with Gasteiger partial charge in [-0.2, -0.15) is 0 Å².